The topological polar surface area (TPSA) is 156 Å². The fraction of sp³-hybridized carbons (Fsp3) is 0.571. The molecule has 2 N–H and O–H groups in total. The van der Waals surface area contributed by atoms with Crippen molar-refractivity contribution in [1.82, 2.24) is 35.1 Å². The Kier molecular flexibility index (Phi) is 7.16. The van der Waals surface area contributed by atoms with Crippen LogP contribution in [0.5, 0.6) is 0 Å². The Hall–Kier alpha value is -3.61. The number of benzene rings is 1. The molecule has 1 aromatic heterocycles. The van der Waals surface area contributed by atoms with E-state index in [-0.39, 0.29) is 17.9 Å². The minimum atomic E-state index is -3.79. The highest BCUT2D eigenvalue weighted by Gasteiger charge is 2.62. The Labute approximate surface area is 239 Å². The molecule has 218 valence electrons. The minimum Gasteiger partial charge on any atom is -0.346 e. The Morgan fingerprint density at radius 1 is 1.10 bits per heavy atom. The summed E-state index contributed by atoms with van der Waals surface area (Å²) in [5.41, 5.74) is -0.547. The van der Waals surface area contributed by atoms with Gasteiger partial charge in [-0.25, -0.2) is 8.42 Å². The van der Waals surface area contributed by atoms with E-state index in [0.29, 0.717) is 44.5 Å². The molecule has 2 aromatic rings. The van der Waals surface area contributed by atoms with Gasteiger partial charge in [0.1, 0.15) is 5.54 Å². The molecule has 1 aromatic carbocycles. The predicted octanol–water partition coefficient (Wildman–Crippen LogP) is 1.59. The lowest BCUT2D eigenvalue weighted by atomic mass is 9.93. The van der Waals surface area contributed by atoms with Crippen LogP contribution in [0.4, 0.5) is 0 Å². The van der Waals surface area contributed by atoms with Gasteiger partial charge < -0.3 is 10.2 Å². The highest BCUT2D eigenvalue weighted by Crippen LogP contribution is 2.47. The smallest absolute Gasteiger partial charge is 0.259 e. The van der Waals surface area contributed by atoms with Gasteiger partial charge in [0.15, 0.2) is 0 Å². The molecule has 6 rings (SSSR count). The largest absolute Gasteiger partial charge is 0.346 e. The van der Waals surface area contributed by atoms with E-state index in [1.54, 1.807) is 11.9 Å². The fourth-order valence-electron chi connectivity index (χ4n) is 6.09. The second kappa shape index (κ2) is 10.7. The molecule has 1 aliphatic heterocycles. The first-order valence-corrected chi connectivity index (χ1v) is 15.9. The Morgan fingerprint density at radius 3 is 2.61 bits per heavy atom. The van der Waals surface area contributed by atoms with Crippen molar-refractivity contribution in [2.45, 2.75) is 68.2 Å². The number of allylic oxidation sites excluding steroid dienone is 1. The molecule has 3 fully saturated rings. The van der Waals surface area contributed by atoms with E-state index >= 15 is 0 Å². The van der Waals surface area contributed by atoms with Gasteiger partial charge in [-0.1, -0.05) is 42.5 Å². The van der Waals surface area contributed by atoms with E-state index < -0.39 is 44.5 Å². The molecule has 3 aliphatic carbocycles. The summed E-state index contributed by atoms with van der Waals surface area (Å²) >= 11 is 0. The van der Waals surface area contributed by atoms with Crippen LogP contribution in [0.2, 0.25) is 0 Å². The molecule has 4 aliphatic rings. The number of amides is 3. The van der Waals surface area contributed by atoms with Gasteiger partial charge in [0, 0.05) is 25.1 Å². The van der Waals surface area contributed by atoms with Gasteiger partial charge >= 0.3 is 0 Å². The van der Waals surface area contributed by atoms with Gasteiger partial charge in [-0.2, -0.15) is 4.80 Å². The highest BCUT2D eigenvalue weighted by atomic mass is 32.2. The SMILES string of the molecule is CN1CCCC/C=C\[C@H]2C[C@]2(C(=O)NS(=O)(=O)C2CC2)NC(=O)[C@@H]2C[C@@H](n3nnc(-c4ccccc4)n3)C[C@H]2C1=O. The molecule has 0 bridgehead atoms. The highest BCUT2D eigenvalue weighted by molar-refractivity contribution is 7.91. The van der Waals surface area contributed by atoms with Crippen LogP contribution >= 0.6 is 0 Å². The number of nitrogens with zero attached hydrogens (tertiary/aromatic N) is 5. The summed E-state index contributed by atoms with van der Waals surface area (Å²) in [6, 6.07) is 9.09. The third kappa shape index (κ3) is 5.51. The average molecular weight is 582 g/mol. The molecule has 5 atom stereocenters. The summed E-state index contributed by atoms with van der Waals surface area (Å²) in [5, 5.41) is 15.3. The molecule has 0 unspecified atom stereocenters. The van der Waals surface area contributed by atoms with Gasteiger partial charge in [0.2, 0.25) is 27.7 Å². The van der Waals surface area contributed by atoms with Crippen LogP contribution in [0.1, 0.15) is 57.4 Å². The number of aromatic nitrogens is 4. The molecular formula is C28H35N7O5S. The van der Waals surface area contributed by atoms with Crippen molar-refractivity contribution in [3.05, 3.63) is 42.5 Å². The molecule has 2 heterocycles. The van der Waals surface area contributed by atoms with Crippen molar-refractivity contribution in [3.63, 3.8) is 0 Å². The lowest BCUT2D eigenvalue weighted by Crippen LogP contribution is -2.54. The van der Waals surface area contributed by atoms with Gasteiger partial charge in [-0.15, -0.1) is 10.2 Å². The Bertz CT molecular complexity index is 1470. The van der Waals surface area contributed by atoms with Crippen LogP contribution in [0.15, 0.2) is 42.5 Å². The Balaban J connectivity index is 1.27. The number of sulfonamides is 1. The zero-order chi connectivity index (χ0) is 28.8. The summed E-state index contributed by atoms with van der Waals surface area (Å²) in [6.07, 6.45) is 8.31. The number of carbonyl (C=O) groups is 3. The summed E-state index contributed by atoms with van der Waals surface area (Å²) in [6.45, 7) is 0.580. The number of fused-ring (bicyclic) bond motifs is 2. The first-order chi connectivity index (χ1) is 19.7. The van der Waals surface area contributed by atoms with E-state index in [9.17, 15) is 22.8 Å². The van der Waals surface area contributed by atoms with Gasteiger partial charge in [0.05, 0.1) is 23.1 Å². The maximum Gasteiger partial charge on any atom is 0.259 e. The van der Waals surface area contributed by atoms with Crippen molar-refractivity contribution in [2.24, 2.45) is 17.8 Å². The van der Waals surface area contributed by atoms with Crippen molar-refractivity contribution in [3.8, 4) is 11.4 Å². The summed E-state index contributed by atoms with van der Waals surface area (Å²) in [5.74, 6) is -2.51. The summed E-state index contributed by atoms with van der Waals surface area (Å²) in [7, 11) is -2.04. The van der Waals surface area contributed by atoms with Crippen LogP contribution in [0.3, 0.4) is 0 Å². The quantitative estimate of drug-likeness (QED) is 0.504. The number of rotatable bonds is 5. The van der Waals surface area contributed by atoms with Crippen molar-refractivity contribution < 1.29 is 22.8 Å². The normalized spacial score (nSPS) is 31.4. The molecule has 0 radical (unpaired) electrons. The van der Waals surface area contributed by atoms with Crippen molar-refractivity contribution >= 4 is 27.7 Å². The van der Waals surface area contributed by atoms with Crippen LogP contribution in [-0.2, 0) is 24.4 Å². The molecule has 3 saturated carbocycles. The lowest BCUT2D eigenvalue weighted by molar-refractivity contribution is -0.140. The maximum atomic E-state index is 13.9. The molecule has 12 nitrogen and oxygen atoms in total. The van der Waals surface area contributed by atoms with Crippen LogP contribution in [0, 0.1) is 17.8 Å². The zero-order valence-electron chi connectivity index (χ0n) is 23.0. The van der Waals surface area contributed by atoms with Crippen molar-refractivity contribution in [2.75, 3.05) is 13.6 Å². The van der Waals surface area contributed by atoms with E-state index in [0.717, 1.165) is 24.8 Å². The van der Waals surface area contributed by atoms with E-state index in [2.05, 4.69) is 25.4 Å². The number of hydrogen-bond acceptors (Lipinski definition) is 8. The Morgan fingerprint density at radius 2 is 1.85 bits per heavy atom. The third-order valence-corrected chi connectivity index (χ3v) is 10.6. The monoisotopic (exact) mass is 581 g/mol. The number of tetrazole rings is 1. The standard InChI is InChI=1S/C28H35N7O5S/c1-34-14-8-3-2-7-11-19-17-28(19,27(38)32-41(39,40)21-12-13-21)29-25(36)22-15-20(16-23(22)26(34)37)35-31-24(30-33-35)18-9-5-4-6-10-18/h4-7,9-11,19-23H,2-3,8,12-17H2,1H3,(H,29,36)(H,32,38)/b11-7-/t19-,20+,22+,23+,28-/m0/s1. The van der Waals surface area contributed by atoms with E-state index in [1.165, 1.54) is 4.80 Å². The molecule has 13 heteroatoms. The van der Waals surface area contributed by atoms with E-state index in [1.807, 2.05) is 42.5 Å². The average Bonchev–Trinajstić information content (AvgIpc) is 3.82. The van der Waals surface area contributed by atoms with Crippen molar-refractivity contribution in [1.29, 1.82) is 0 Å². The fourth-order valence-corrected chi connectivity index (χ4v) is 7.45. The third-order valence-electron chi connectivity index (χ3n) is 8.80. The number of hydrogen-bond donors (Lipinski definition) is 2. The molecule has 0 saturated heterocycles. The first kappa shape index (κ1) is 27.6. The summed E-state index contributed by atoms with van der Waals surface area (Å²) in [4.78, 5) is 44.0. The van der Waals surface area contributed by atoms with Gasteiger partial charge in [0.25, 0.3) is 5.91 Å². The lowest BCUT2D eigenvalue weighted by Gasteiger charge is -2.26. The minimum absolute atomic E-state index is 0.134. The maximum absolute atomic E-state index is 13.9. The zero-order valence-corrected chi connectivity index (χ0v) is 23.8. The number of carbonyl (C=O) groups excluding carboxylic acids is 3. The predicted molar refractivity (Wildman–Crippen MR) is 148 cm³/mol. The first-order valence-electron chi connectivity index (χ1n) is 14.3. The van der Waals surface area contributed by atoms with E-state index in [4.69, 9.17) is 0 Å². The van der Waals surface area contributed by atoms with Crippen LogP contribution in [0.25, 0.3) is 11.4 Å². The van der Waals surface area contributed by atoms with Crippen LogP contribution < -0.4 is 10.0 Å². The van der Waals surface area contributed by atoms with Crippen LogP contribution in [-0.4, -0.2) is 75.6 Å². The molecule has 0 spiro atoms. The molecule has 41 heavy (non-hydrogen) atoms. The molecular weight excluding hydrogens is 546 g/mol. The summed E-state index contributed by atoms with van der Waals surface area (Å²) < 4.78 is 27.4. The second-order valence-electron chi connectivity index (χ2n) is 11.8. The van der Waals surface area contributed by atoms with Gasteiger partial charge in [-0.05, 0) is 56.6 Å². The van der Waals surface area contributed by atoms with Gasteiger partial charge in [-0.3, -0.25) is 19.1 Å². The molecule has 3 amide bonds. The second-order valence-corrected chi connectivity index (χ2v) is 13.7. The number of nitrogens with one attached hydrogen (secondary N) is 2.